The van der Waals surface area contributed by atoms with Crippen molar-refractivity contribution in [2.24, 2.45) is 5.92 Å². The molecule has 194 valence electrons. The molecule has 2 aromatic heterocycles. The molecule has 0 saturated carbocycles. The van der Waals surface area contributed by atoms with Gasteiger partial charge < -0.3 is 29.6 Å². The highest BCUT2D eigenvalue weighted by Crippen LogP contribution is 2.47. The summed E-state index contributed by atoms with van der Waals surface area (Å²) in [5, 5.41) is 6.00. The van der Waals surface area contributed by atoms with Crippen LogP contribution in [0.3, 0.4) is 0 Å². The molecule has 4 rings (SSSR count). The quantitative estimate of drug-likeness (QED) is 0.259. The minimum absolute atomic E-state index is 0.125. The first kappa shape index (κ1) is 26.2. The van der Waals surface area contributed by atoms with Crippen LogP contribution in [0.1, 0.15) is 26.5 Å². The summed E-state index contributed by atoms with van der Waals surface area (Å²) in [5.41, 5.74) is 7.08. The molecule has 0 radical (unpaired) electrons. The van der Waals surface area contributed by atoms with Crippen molar-refractivity contribution < 1.29 is 23.3 Å². The molecule has 5 atom stereocenters. The Morgan fingerprint density at radius 2 is 2.11 bits per heavy atom. The van der Waals surface area contributed by atoms with E-state index < -0.39 is 18.7 Å². The predicted molar refractivity (Wildman–Crippen MR) is 139 cm³/mol. The summed E-state index contributed by atoms with van der Waals surface area (Å²) >= 11 is 5.74. The molecule has 4 N–H and O–H groups in total. The Balaban J connectivity index is 1.49. The maximum Gasteiger partial charge on any atom is 0.323 e. The van der Waals surface area contributed by atoms with Gasteiger partial charge in [-0.25, -0.2) is 10.1 Å². The Labute approximate surface area is 214 Å². The fraction of sp³-hybridized carbons (Fsp3) is 0.455. The molecule has 1 aromatic carbocycles. The minimum atomic E-state index is -3.13. The molecule has 0 bridgehead atoms. The average molecular weight is 536 g/mol. The van der Waals surface area contributed by atoms with Crippen LogP contribution in [0, 0.1) is 5.92 Å². The molecule has 3 aromatic rings. The molecule has 1 saturated heterocycles. The lowest BCUT2D eigenvalue weighted by Crippen LogP contribution is -2.35. The first-order valence-corrected chi connectivity index (χ1v) is 14.0. The number of fused-ring (bicyclic) bond motifs is 1. The number of benzene rings is 1. The van der Waals surface area contributed by atoms with Gasteiger partial charge in [-0.2, -0.15) is 9.97 Å². The molecule has 36 heavy (non-hydrogen) atoms. The number of methoxy groups -OCH3 is 1. The van der Waals surface area contributed by atoms with E-state index >= 15 is 0 Å². The number of imidazole rings is 1. The van der Waals surface area contributed by atoms with E-state index in [4.69, 9.17) is 36.1 Å². The number of hydrogen-bond donors (Lipinski definition) is 3. The second-order valence-electron chi connectivity index (χ2n) is 8.44. The van der Waals surface area contributed by atoms with E-state index in [-0.39, 0.29) is 30.8 Å². The van der Waals surface area contributed by atoms with E-state index in [2.05, 4.69) is 32.3 Å². The van der Waals surface area contributed by atoms with Crippen molar-refractivity contribution in [3.63, 3.8) is 0 Å². The maximum atomic E-state index is 12.0. The van der Waals surface area contributed by atoms with Crippen LogP contribution >= 0.6 is 6.64 Å². The highest BCUT2D eigenvalue weighted by Gasteiger charge is 2.37. The molecule has 12 nitrogen and oxygen atoms in total. The molecular formula is C22H30N7O5PS. The number of esters is 1. The van der Waals surface area contributed by atoms with Gasteiger partial charge in [0.25, 0.3) is 0 Å². The Kier molecular flexibility index (Phi) is 8.06. The van der Waals surface area contributed by atoms with E-state index in [1.54, 1.807) is 32.4 Å². The molecule has 0 spiro atoms. The van der Waals surface area contributed by atoms with Crippen LogP contribution < -0.4 is 20.7 Å². The summed E-state index contributed by atoms with van der Waals surface area (Å²) in [6.45, 7) is 0.751. The summed E-state index contributed by atoms with van der Waals surface area (Å²) in [6, 6.07) is 8.36. The Bertz CT molecular complexity index is 1260. The molecule has 1 fully saturated rings. The number of nitrogen functional groups attached to an aromatic ring is 1. The monoisotopic (exact) mass is 535 g/mol. The van der Waals surface area contributed by atoms with Crippen molar-refractivity contribution in [1.82, 2.24) is 24.6 Å². The molecule has 0 aliphatic carbocycles. The van der Waals surface area contributed by atoms with Crippen LogP contribution in [0.4, 0.5) is 11.8 Å². The number of nitrogens with two attached hydrogens (primary N) is 1. The number of para-hydroxylation sites is 1. The molecule has 1 unspecified atom stereocenters. The van der Waals surface area contributed by atoms with Gasteiger partial charge in [0.05, 0.1) is 26.1 Å². The minimum Gasteiger partial charge on any atom is -0.468 e. The van der Waals surface area contributed by atoms with Crippen LogP contribution in [0.5, 0.6) is 5.75 Å². The fourth-order valence-corrected chi connectivity index (χ4v) is 6.45. The first-order valence-electron chi connectivity index (χ1n) is 11.4. The highest BCUT2D eigenvalue weighted by atomic mass is 32.5. The van der Waals surface area contributed by atoms with Gasteiger partial charge in [-0.1, -0.05) is 25.1 Å². The number of nitrogens with one attached hydrogen (secondary N) is 2. The van der Waals surface area contributed by atoms with Crippen molar-refractivity contribution in [2.45, 2.75) is 38.6 Å². The number of carbonyl (C=O) groups is 1. The highest BCUT2D eigenvalue weighted by molar-refractivity contribution is 8.09. The Hall–Kier alpha value is -2.83. The molecule has 0 amide bonds. The van der Waals surface area contributed by atoms with E-state index in [1.165, 1.54) is 7.11 Å². The molecule has 1 aliphatic heterocycles. The Morgan fingerprint density at radius 3 is 2.81 bits per heavy atom. The summed E-state index contributed by atoms with van der Waals surface area (Å²) in [7, 11) is 3.06. The predicted octanol–water partition coefficient (Wildman–Crippen LogP) is 2.85. The van der Waals surface area contributed by atoms with Gasteiger partial charge in [0, 0.05) is 13.0 Å². The topological polar surface area (TPSA) is 148 Å². The largest absolute Gasteiger partial charge is 0.468 e. The number of aromatic nitrogens is 4. The summed E-state index contributed by atoms with van der Waals surface area (Å²) in [5.74, 6) is 0.881. The lowest BCUT2D eigenvalue weighted by molar-refractivity contribution is -0.142. The van der Waals surface area contributed by atoms with Crippen molar-refractivity contribution in [2.75, 3.05) is 31.8 Å². The van der Waals surface area contributed by atoms with Gasteiger partial charge in [0.1, 0.15) is 18.0 Å². The molecule has 3 heterocycles. The smallest absolute Gasteiger partial charge is 0.323 e. The second-order valence-corrected chi connectivity index (χ2v) is 11.6. The van der Waals surface area contributed by atoms with Crippen LogP contribution in [-0.4, -0.2) is 58.4 Å². The fourth-order valence-electron chi connectivity index (χ4n) is 4.02. The van der Waals surface area contributed by atoms with Crippen LogP contribution in [-0.2, 0) is 30.6 Å². The third-order valence-electron chi connectivity index (χ3n) is 5.71. The summed E-state index contributed by atoms with van der Waals surface area (Å²) in [4.78, 5) is 25.0. The lowest BCUT2D eigenvalue weighted by atomic mass is 10.1. The van der Waals surface area contributed by atoms with Gasteiger partial charge in [-0.05, 0) is 37.3 Å². The average Bonchev–Trinajstić information content (AvgIpc) is 3.44. The number of hydrogen-bond acceptors (Lipinski definition) is 11. The van der Waals surface area contributed by atoms with Crippen LogP contribution in [0.15, 0.2) is 36.7 Å². The number of rotatable bonds is 10. The van der Waals surface area contributed by atoms with E-state index in [9.17, 15) is 4.79 Å². The standard InChI is InChI=1S/C22H30N7O5PS/c1-13-10-16(33-20(13)29-12-25-17-18(24-3)26-22(23)27-19(17)29)11-32-35(36,28-14(2)21(30)31-4)34-15-8-6-5-7-9-15/h5-9,12-14,16,20H,10-11H2,1-4H3,(H,28,36)(H3,23,24,26,27)/t13-,14+,16-,20+,35?/m0/s1. The van der Waals surface area contributed by atoms with E-state index in [0.29, 0.717) is 29.2 Å². The normalized spacial score (nSPS) is 22.2. The van der Waals surface area contributed by atoms with E-state index in [1.807, 2.05) is 22.8 Å². The first-order chi connectivity index (χ1) is 17.2. The lowest BCUT2D eigenvalue weighted by Gasteiger charge is -2.27. The SMILES string of the molecule is CNc1nc(N)nc2c1ncn2[C@@H]1O[C@H](COP(=S)(N[C@H](C)C(=O)OC)Oc2ccccc2)C[C@@H]1C. The van der Waals surface area contributed by atoms with Crippen LogP contribution in [0.25, 0.3) is 11.2 Å². The zero-order valence-electron chi connectivity index (χ0n) is 20.5. The summed E-state index contributed by atoms with van der Waals surface area (Å²) in [6.07, 6.45) is 1.77. The Morgan fingerprint density at radius 1 is 1.36 bits per heavy atom. The number of anilines is 2. The zero-order chi connectivity index (χ0) is 25.9. The molecular weight excluding hydrogens is 505 g/mol. The van der Waals surface area contributed by atoms with Crippen molar-refractivity contribution >= 4 is 47.3 Å². The van der Waals surface area contributed by atoms with Crippen molar-refractivity contribution in [3.05, 3.63) is 36.7 Å². The van der Waals surface area contributed by atoms with Gasteiger partial charge in [-0.3, -0.25) is 9.36 Å². The third-order valence-corrected chi connectivity index (χ3v) is 8.21. The van der Waals surface area contributed by atoms with Gasteiger partial charge >= 0.3 is 12.6 Å². The zero-order valence-corrected chi connectivity index (χ0v) is 22.2. The third kappa shape index (κ3) is 5.76. The van der Waals surface area contributed by atoms with Gasteiger partial charge in [0.2, 0.25) is 5.95 Å². The summed E-state index contributed by atoms with van der Waals surface area (Å²) < 4.78 is 25.1. The number of carbonyl (C=O) groups excluding carboxylic acids is 1. The van der Waals surface area contributed by atoms with Gasteiger partial charge in [0.15, 0.2) is 17.0 Å². The van der Waals surface area contributed by atoms with Gasteiger partial charge in [-0.15, -0.1) is 0 Å². The molecule has 14 heteroatoms. The van der Waals surface area contributed by atoms with E-state index in [0.717, 1.165) is 0 Å². The number of nitrogens with zero attached hydrogens (tertiary/aromatic N) is 4. The maximum absolute atomic E-state index is 12.0. The number of ether oxygens (including phenoxy) is 2. The van der Waals surface area contributed by atoms with Crippen molar-refractivity contribution in [1.29, 1.82) is 0 Å². The van der Waals surface area contributed by atoms with Crippen molar-refractivity contribution in [3.8, 4) is 5.75 Å². The second kappa shape index (κ2) is 11.1. The molecule has 1 aliphatic rings. The van der Waals surface area contributed by atoms with Crippen LogP contribution in [0.2, 0.25) is 0 Å².